The van der Waals surface area contributed by atoms with Crippen LogP contribution in [0.25, 0.3) is 0 Å². The molecule has 0 spiro atoms. The molecule has 1 aromatic heterocycles. The molecule has 1 amide bonds. The fraction of sp³-hybridized carbons (Fsp3) is 0.655. The van der Waals surface area contributed by atoms with Crippen LogP contribution < -0.4 is 5.32 Å². The van der Waals surface area contributed by atoms with Gasteiger partial charge in [0.25, 0.3) is 5.91 Å². The Hall–Kier alpha value is -2.50. The van der Waals surface area contributed by atoms with Crippen molar-refractivity contribution in [2.24, 2.45) is 39.7 Å². The van der Waals surface area contributed by atoms with E-state index in [1.54, 1.807) is 12.4 Å². The summed E-state index contributed by atoms with van der Waals surface area (Å²) in [6.07, 6.45) is 14.7. The predicted octanol–water partition coefficient (Wildman–Crippen LogP) is 5.24. The van der Waals surface area contributed by atoms with E-state index >= 15 is 0 Å². The van der Waals surface area contributed by atoms with Gasteiger partial charge in [0.05, 0.1) is 5.71 Å². The van der Waals surface area contributed by atoms with Crippen molar-refractivity contribution in [1.82, 2.24) is 10.3 Å². The molecule has 6 heteroatoms. The number of oxime groups is 1. The van der Waals surface area contributed by atoms with Crippen LogP contribution >= 0.6 is 0 Å². The molecule has 4 aliphatic rings. The van der Waals surface area contributed by atoms with E-state index in [2.05, 4.69) is 35.4 Å². The van der Waals surface area contributed by atoms with Crippen molar-refractivity contribution in [2.75, 3.05) is 6.61 Å². The molecule has 0 aliphatic heterocycles. The predicted molar refractivity (Wildman–Crippen MR) is 135 cm³/mol. The number of nitrogens with zero attached hydrogens (tertiary/aromatic N) is 2. The highest BCUT2D eigenvalue weighted by Gasteiger charge is 2.59. The Morgan fingerprint density at radius 3 is 2.66 bits per heavy atom. The zero-order chi connectivity index (χ0) is 24.6. The smallest absolute Gasteiger partial charge is 0.261 e. The summed E-state index contributed by atoms with van der Waals surface area (Å²) in [7, 11) is 0. The molecule has 188 valence electrons. The number of carbonyl (C=O) groups excluding carboxylic acids is 2. The minimum atomic E-state index is -0.175. The second kappa shape index (κ2) is 9.51. The first-order valence-electron chi connectivity index (χ1n) is 13.4. The number of nitrogens with one attached hydrogen (secondary N) is 1. The number of ketones is 1. The summed E-state index contributed by atoms with van der Waals surface area (Å²) in [6.45, 7) is 7.08. The van der Waals surface area contributed by atoms with Gasteiger partial charge in [0, 0.05) is 24.9 Å². The third-order valence-corrected chi connectivity index (χ3v) is 10.1. The zero-order valence-electron chi connectivity index (χ0n) is 21.4. The van der Waals surface area contributed by atoms with E-state index in [1.165, 1.54) is 31.3 Å². The fourth-order valence-electron chi connectivity index (χ4n) is 8.24. The third kappa shape index (κ3) is 4.45. The van der Waals surface area contributed by atoms with Gasteiger partial charge in [0.15, 0.2) is 6.61 Å². The van der Waals surface area contributed by atoms with Crippen LogP contribution in [0.3, 0.4) is 0 Å². The molecule has 0 bridgehead atoms. The van der Waals surface area contributed by atoms with E-state index in [0.717, 1.165) is 42.9 Å². The van der Waals surface area contributed by atoms with E-state index < -0.39 is 0 Å². The highest BCUT2D eigenvalue weighted by atomic mass is 16.6. The van der Waals surface area contributed by atoms with Crippen molar-refractivity contribution < 1.29 is 14.4 Å². The van der Waals surface area contributed by atoms with Crippen LogP contribution in [-0.2, 0) is 21.0 Å². The number of pyridine rings is 1. The Kier molecular flexibility index (Phi) is 6.58. The molecule has 5 rings (SSSR count). The Morgan fingerprint density at radius 2 is 1.89 bits per heavy atom. The van der Waals surface area contributed by atoms with E-state index in [4.69, 9.17) is 4.84 Å². The molecule has 1 heterocycles. The maximum atomic E-state index is 12.4. The van der Waals surface area contributed by atoms with Crippen LogP contribution in [0.2, 0.25) is 0 Å². The quantitative estimate of drug-likeness (QED) is 0.568. The minimum absolute atomic E-state index is 0.0721. The van der Waals surface area contributed by atoms with Crippen LogP contribution in [0.5, 0.6) is 0 Å². The lowest BCUT2D eigenvalue weighted by atomic mass is 9.46. The largest absolute Gasteiger partial charge is 0.385 e. The minimum Gasteiger partial charge on any atom is -0.385 e. The second-order valence-corrected chi connectivity index (χ2v) is 11.8. The summed E-state index contributed by atoms with van der Waals surface area (Å²) in [5.74, 6) is 2.62. The van der Waals surface area contributed by atoms with Gasteiger partial charge in [0.1, 0.15) is 5.78 Å². The average Bonchev–Trinajstić information content (AvgIpc) is 3.21. The molecular formula is C29H39N3O3. The summed E-state index contributed by atoms with van der Waals surface area (Å²) >= 11 is 0. The van der Waals surface area contributed by atoms with Gasteiger partial charge in [-0.25, -0.2) is 0 Å². The Balaban J connectivity index is 1.20. The molecule has 0 aromatic carbocycles. The highest BCUT2D eigenvalue weighted by Crippen LogP contribution is 2.66. The lowest BCUT2D eigenvalue weighted by Crippen LogP contribution is -2.51. The normalized spacial score (nSPS) is 37.0. The monoisotopic (exact) mass is 477 g/mol. The lowest BCUT2D eigenvalue weighted by Gasteiger charge is -2.58. The van der Waals surface area contributed by atoms with E-state index in [-0.39, 0.29) is 29.3 Å². The van der Waals surface area contributed by atoms with Crippen molar-refractivity contribution in [2.45, 2.75) is 78.7 Å². The van der Waals surface area contributed by atoms with Crippen LogP contribution in [0.4, 0.5) is 0 Å². The van der Waals surface area contributed by atoms with Crippen LogP contribution in [0.1, 0.15) is 77.7 Å². The molecule has 1 aromatic rings. The Bertz CT molecular complexity index is 1030. The number of allylic oxidation sites excluding steroid dienone is 2. The van der Waals surface area contributed by atoms with Gasteiger partial charge in [-0.2, -0.15) is 0 Å². The molecule has 3 fully saturated rings. The lowest BCUT2D eigenvalue weighted by molar-refractivity contribution is -0.128. The van der Waals surface area contributed by atoms with Crippen molar-refractivity contribution in [1.29, 1.82) is 0 Å². The maximum Gasteiger partial charge on any atom is 0.261 e. The van der Waals surface area contributed by atoms with Crippen molar-refractivity contribution in [3.63, 3.8) is 0 Å². The molecule has 0 radical (unpaired) electrons. The molecule has 6 atom stereocenters. The third-order valence-electron chi connectivity index (χ3n) is 10.1. The number of hydrogen-bond acceptors (Lipinski definition) is 5. The SMILES string of the molecule is CC(=O)C1CCC2C3CCC4=C/C(=N\OCC(=O)NCc5ccncc5)CC[C@]4(C)C3CC[C@]12C. The van der Waals surface area contributed by atoms with E-state index in [1.807, 2.05) is 19.1 Å². The standard InChI is InChI=1S/C29H39N3O3/c1-19(33)24-6-7-25-23-5-4-21-16-22(8-12-28(21,2)26(23)9-13-29(24,25)3)32-35-18-27(34)31-17-20-10-14-30-15-11-20/h10-11,14-16,23-26H,4-9,12-13,17-18H2,1-3H3,(H,31,34)/b32-22-/t23?,24?,25?,26?,28-,29+/m0/s1. The van der Waals surface area contributed by atoms with Crippen molar-refractivity contribution in [3.05, 3.63) is 41.7 Å². The number of Topliss-reactive ketones (excluding diaryl/α,β-unsaturated/α-hetero) is 1. The first-order valence-corrected chi connectivity index (χ1v) is 13.4. The van der Waals surface area contributed by atoms with Gasteiger partial charge in [0.2, 0.25) is 0 Å². The summed E-state index contributed by atoms with van der Waals surface area (Å²) < 4.78 is 0. The average molecular weight is 478 g/mol. The number of fused-ring (bicyclic) bond motifs is 5. The van der Waals surface area contributed by atoms with Gasteiger partial charge in [-0.05, 0) is 111 Å². The maximum absolute atomic E-state index is 12.4. The first-order chi connectivity index (χ1) is 16.8. The number of hydrogen-bond donors (Lipinski definition) is 1. The van der Waals surface area contributed by atoms with E-state index in [9.17, 15) is 9.59 Å². The zero-order valence-corrected chi connectivity index (χ0v) is 21.4. The topological polar surface area (TPSA) is 80.6 Å². The van der Waals surface area contributed by atoms with Crippen LogP contribution in [-0.4, -0.2) is 29.0 Å². The molecule has 6 nitrogen and oxygen atoms in total. The molecular weight excluding hydrogens is 438 g/mol. The van der Waals surface area contributed by atoms with Gasteiger partial charge < -0.3 is 10.2 Å². The summed E-state index contributed by atoms with van der Waals surface area (Å²) in [4.78, 5) is 33.9. The highest BCUT2D eigenvalue weighted by molar-refractivity contribution is 5.96. The number of amides is 1. The summed E-state index contributed by atoms with van der Waals surface area (Å²) in [5.41, 5.74) is 3.90. The first kappa shape index (κ1) is 24.2. The fourth-order valence-corrected chi connectivity index (χ4v) is 8.24. The molecule has 1 N–H and O–H groups in total. The van der Waals surface area contributed by atoms with Crippen molar-refractivity contribution >= 4 is 17.4 Å². The molecule has 0 saturated heterocycles. The summed E-state index contributed by atoms with van der Waals surface area (Å²) in [5, 5.41) is 7.18. The Labute approximate surface area is 209 Å². The number of carbonyl (C=O) groups is 2. The van der Waals surface area contributed by atoms with E-state index in [0.29, 0.717) is 24.2 Å². The van der Waals surface area contributed by atoms with Gasteiger partial charge in [-0.1, -0.05) is 24.6 Å². The van der Waals surface area contributed by atoms with Gasteiger partial charge in [-0.3, -0.25) is 14.6 Å². The van der Waals surface area contributed by atoms with Crippen LogP contribution in [0, 0.1) is 34.5 Å². The van der Waals surface area contributed by atoms with Crippen LogP contribution in [0.15, 0.2) is 41.3 Å². The second-order valence-electron chi connectivity index (χ2n) is 11.8. The molecule has 35 heavy (non-hydrogen) atoms. The molecule has 4 unspecified atom stereocenters. The van der Waals surface area contributed by atoms with Crippen molar-refractivity contribution in [3.8, 4) is 0 Å². The number of rotatable bonds is 6. The molecule has 3 saturated carbocycles. The van der Waals surface area contributed by atoms with Gasteiger partial charge in [-0.15, -0.1) is 0 Å². The summed E-state index contributed by atoms with van der Waals surface area (Å²) in [6, 6.07) is 3.75. The molecule has 4 aliphatic carbocycles. The van der Waals surface area contributed by atoms with Gasteiger partial charge >= 0.3 is 0 Å². The Morgan fingerprint density at radius 1 is 1.09 bits per heavy atom. The number of aromatic nitrogens is 1.